The van der Waals surface area contributed by atoms with E-state index in [1.165, 1.54) is 12.1 Å². The number of hydrogen-bond acceptors (Lipinski definition) is 4. The third-order valence-corrected chi connectivity index (χ3v) is 4.91. The van der Waals surface area contributed by atoms with Crippen molar-refractivity contribution in [3.63, 3.8) is 0 Å². The van der Waals surface area contributed by atoms with Crippen molar-refractivity contribution in [2.45, 2.75) is 13.1 Å². The highest BCUT2D eigenvalue weighted by atomic mass is 19.4. The molecule has 0 spiro atoms. The number of alkyl halides is 3. The van der Waals surface area contributed by atoms with Gasteiger partial charge in [0.1, 0.15) is 0 Å². The first kappa shape index (κ1) is 20.7. The molecule has 2 rings (SSSR count). The lowest BCUT2D eigenvalue weighted by Crippen LogP contribution is -2.36. The summed E-state index contributed by atoms with van der Waals surface area (Å²) in [6, 6.07) is 4.20. The van der Waals surface area contributed by atoms with Crippen molar-refractivity contribution in [1.82, 2.24) is 9.80 Å². The van der Waals surface area contributed by atoms with Crippen LogP contribution in [0.3, 0.4) is 0 Å². The molecule has 26 heavy (non-hydrogen) atoms. The lowest BCUT2D eigenvalue weighted by molar-refractivity contribution is -0.137. The predicted octanol–water partition coefficient (Wildman–Crippen LogP) is 1.70. The van der Waals surface area contributed by atoms with Crippen molar-refractivity contribution in [1.29, 1.82) is 0 Å². The molecule has 1 aliphatic rings. The van der Waals surface area contributed by atoms with Crippen molar-refractivity contribution in [2.75, 3.05) is 45.9 Å². The Bertz CT molecular complexity index is 592. The van der Waals surface area contributed by atoms with Crippen molar-refractivity contribution < 1.29 is 28.2 Å². The van der Waals surface area contributed by atoms with Gasteiger partial charge in [-0.3, -0.25) is 4.79 Å². The maximum Gasteiger partial charge on any atom is 0.416 e. The first-order valence-electron chi connectivity index (χ1n) is 8.70. The maximum atomic E-state index is 12.6. The summed E-state index contributed by atoms with van der Waals surface area (Å²) in [5.41, 5.74) is -0.581. The highest BCUT2D eigenvalue weighted by Gasteiger charge is 2.36. The number of benzene rings is 1. The summed E-state index contributed by atoms with van der Waals surface area (Å²) in [6.07, 6.45) is -4.43. The lowest BCUT2D eigenvalue weighted by atomic mass is 9.96. The molecule has 2 N–H and O–H groups in total. The van der Waals surface area contributed by atoms with Crippen LogP contribution in [0.5, 0.6) is 0 Å². The summed E-state index contributed by atoms with van der Waals surface area (Å²) in [7, 11) is 0. The molecule has 0 saturated carbocycles. The number of carbonyl (C=O) groups excluding carboxylic acids is 1. The number of aliphatic hydroxyl groups is 2. The van der Waals surface area contributed by atoms with Crippen molar-refractivity contribution in [3.05, 3.63) is 35.4 Å². The van der Waals surface area contributed by atoms with Crippen molar-refractivity contribution in [3.8, 4) is 0 Å². The molecule has 2 atom stereocenters. The van der Waals surface area contributed by atoms with Gasteiger partial charge >= 0.3 is 6.18 Å². The Morgan fingerprint density at radius 1 is 1.19 bits per heavy atom. The van der Waals surface area contributed by atoms with Crippen LogP contribution >= 0.6 is 0 Å². The lowest BCUT2D eigenvalue weighted by Gasteiger charge is -2.25. The fourth-order valence-corrected chi connectivity index (χ4v) is 3.35. The van der Waals surface area contributed by atoms with Crippen LogP contribution in [0.4, 0.5) is 13.2 Å². The van der Waals surface area contributed by atoms with Crippen LogP contribution in [0.2, 0.25) is 0 Å². The SMILES string of the molecule is CCN(CCO)C[C@@H]1CN(C(=O)c2ccc(C(F)(F)F)cc2)C[C@@H]1CO. The number of rotatable bonds is 7. The van der Waals surface area contributed by atoms with E-state index in [-0.39, 0.29) is 36.5 Å². The van der Waals surface area contributed by atoms with Gasteiger partial charge in [0.05, 0.1) is 12.2 Å². The predicted molar refractivity (Wildman–Crippen MR) is 90.6 cm³/mol. The number of amides is 1. The van der Waals surface area contributed by atoms with Crippen LogP contribution in [-0.4, -0.2) is 71.9 Å². The molecule has 1 aliphatic heterocycles. The summed E-state index contributed by atoms with van der Waals surface area (Å²) in [6.45, 7) is 4.70. The summed E-state index contributed by atoms with van der Waals surface area (Å²) < 4.78 is 37.9. The van der Waals surface area contributed by atoms with Gasteiger partial charge in [0.25, 0.3) is 5.91 Å². The Morgan fingerprint density at radius 3 is 2.31 bits per heavy atom. The van der Waals surface area contributed by atoms with Crippen LogP contribution < -0.4 is 0 Å². The fraction of sp³-hybridized carbons (Fsp3) is 0.611. The number of aliphatic hydroxyl groups excluding tert-OH is 2. The van der Waals surface area contributed by atoms with E-state index in [4.69, 9.17) is 5.11 Å². The third-order valence-electron chi connectivity index (χ3n) is 4.91. The van der Waals surface area contributed by atoms with Crippen LogP contribution in [0, 0.1) is 11.8 Å². The van der Waals surface area contributed by atoms with E-state index in [1.807, 2.05) is 6.92 Å². The normalized spacial score (nSPS) is 20.8. The second-order valence-corrected chi connectivity index (χ2v) is 6.60. The first-order valence-corrected chi connectivity index (χ1v) is 8.70. The quantitative estimate of drug-likeness (QED) is 0.763. The minimum absolute atomic E-state index is 0.0402. The second-order valence-electron chi connectivity index (χ2n) is 6.60. The summed E-state index contributed by atoms with van der Waals surface area (Å²) in [5, 5.41) is 18.7. The minimum atomic E-state index is -4.43. The van der Waals surface area contributed by atoms with Crippen molar-refractivity contribution >= 4 is 5.91 Å². The van der Waals surface area contributed by atoms with Crippen LogP contribution in [0.15, 0.2) is 24.3 Å². The Balaban J connectivity index is 2.05. The summed E-state index contributed by atoms with van der Waals surface area (Å²) in [5.74, 6) is -0.351. The van der Waals surface area contributed by atoms with E-state index in [2.05, 4.69) is 4.90 Å². The monoisotopic (exact) mass is 374 g/mol. The van der Waals surface area contributed by atoms with Gasteiger partial charge in [-0.25, -0.2) is 0 Å². The molecular weight excluding hydrogens is 349 g/mol. The second kappa shape index (κ2) is 8.83. The first-order chi connectivity index (χ1) is 12.3. The van der Waals surface area contributed by atoms with Gasteiger partial charge in [-0.15, -0.1) is 0 Å². The summed E-state index contributed by atoms with van der Waals surface area (Å²) >= 11 is 0. The topological polar surface area (TPSA) is 64.0 Å². The molecule has 1 heterocycles. The van der Waals surface area contributed by atoms with Gasteiger partial charge in [-0.2, -0.15) is 13.2 Å². The third kappa shape index (κ3) is 4.96. The van der Waals surface area contributed by atoms with Crippen LogP contribution in [0.1, 0.15) is 22.8 Å². The largest absolute Gasteiger partial charge is 0.416 e. The molecule has 1 aromatic rings. The molecule has 0 aliphatic carbocycles. The van der Waals surface area contributed by atoms with E-state index in [1.54, 1.807) is 4.90 Å². The molecule has 0 bridgehead atoms. The van der Waals surface area contributed by atoms with Gasteiger partial charge < -0.3 is 20.0 Å². The smallest absolute Gasteiger partial charge is 0.396 e. The Kier molecular flexibility index (Phi) is 7.02. The zero-order valence-corrected chi connectivity index (χ0v) is 14.7. The maximum absolute atomic E-state index is 12.6. The average Bonchev–Trinajstić information content (AvgIpc) is 3.03. The number of nitrogens with zero attached hydrogens (tertiary/aromatic N) is 2. The Hall–Kier alpha value is -1.64. The van der Waals surface area contributed by atoms with Gasteiger partial charge in [-0.05, 0) is 36.7 Å². The van der Waals surface area contributed by atoms with Gasteiger partial charge in [0.15, 0.2) is 0 Å². The molecule has 8 heteroatoms. The van der Waals surface area contributed by atoms with E-state index >= 15 is 0 Å². The number of halogens is 3. The van der Waals surface area contributed by atoms with E-state index in [0.717, 1.165) is 18.7 Å². The van der Waals surface area contributed by atoms with Gasteiger partial charge in [-0.1, -0.05) is 6.92 Å². The highest BCUT2D eigenvalue weighted by Crippen LogP contribution is 2.30. The fourth-order valence-electron chi connectivity index (χ4n) is 3.35. The number of hydrogen-bond donors (Lipinski definition) is 2. The molecule has 5 nitrogen and oxygen atoms in total. The summed E-state index contributed by atoms with van der Waals surface area (Å²) in [4.78, 5) is 16.2. The molecule has 1 saturated heterocycles. The van der Waals surface area contributed by atoms with E-state index < -0.39 is 11.7 Å². The molecule has 146 valence electrons. The van der Waals surface area contributed by atoms with Gasteiger partial charge in [0.2, 0.25) is 0 Å². The van der Waals surface area contributed by atoms with Crippen LogP contribution in [0.25, 0.3) is 0 Å². The van der Waals surface area contributed by atoms with Crippen LogP contribution in [-0.2, 0) is 6.18 Å². The minimum Gasteiger partial charge on any atom is -0.396 e. The molecule has 0 radical (unpaired) electrons. The standard InChI is InChI=1S/C18H25F3N2O3/c1-2-22(7-8-24)9-14-10-23(11-15(14)12-25)17(26)13-3-5-16(6-4-13)18(19,20)21/h3-6,14-15,24-25H,2,7-12H2,1H3/t14-,15-/m1/s1. The zero-order chi connectivity index (χ0) is 19.3. The Labute approximate surface area is 151 Å². The number of likely N-dealkylation sites (N-methyl/N-ethyl adjacent to an activating group) is 1. The van der Waals surface area contributed by atoms with Gasteiger partial charge in [0, 0.05) is 44.3 Å². The molecular formula is C18H25F3N2O3. The molecule has 0 aromatic heterocycles. The average molecular weight is 374 g/mol. The Morgan fingerprint density at radius 2 is 1.81 bits per heavy atom. The van der Waals surface area contributed by atoms with E-state index in [0.29, 0.717) is 26.2 Å². The molecule has 1 amide bonds. The molecule has 1 aromatic carbocycles. The van der Waals surface area contributed by atoms with Crippen molar-refractivity contribution in [2.24, 2.45) is 11.8 Å². The van der Waals surface area contributed by atoms with E-state index in [9.17, 15) is 23.1 Å². The number of carbonyl (C=O) groups is 1. The molecule has 0 unspecified atom stereocenters. The zero-order valence-electron chi connectivity index (χ0n) is 14.7. The molecule has 1 fully saturated rings. The number of likely N-dealkylation sites (tertiary alicyclic amines) is 1. The highest BCUT2D eigenvalue weighted by molar-refractivity contribution is 5.94.